The Bertz CT molecular complexity index is 1410. The van der Waals surface area contributed by atoms with Crippen molar-refractivity contribution in [3.8, 4) is 5.75 Å². The second-order valence-electron chi connectivity index (χ2n) is 12.1. The van der Waals surface area contributed by atoms with Crippen molar-refractivity contribution in [1.82, 2.24) is 14.8 Å². The molecule has 3 amide bonds. The highest BCUT2D eigenvalue weighted by atomic mass is 19.1. The molecule has 2 heterocycles. The summed E-state index contributed by atoms with van der Waals surface area (Å²) in [5.74, 6) is -0.381. The van der Waals surface area contributed by atoms with Gasteiger partial charge in [-0.25, -0.2) is 9.18 Å². The van der Waals surface area contributed by atoms with Crippen molar-refractivity contribution in [2.45, 2.75) is 64.8 Å². The molecule has 1 aromatic heterocycles. The molecule has 46 heavy (non-hydrogen) atoms. The minimum atomic E-state index is -0.542. The number of pyridine rings is 1. The van der Waals surface area contributed by atoms with Gasteiger partial charge in [-0.05, 0) is 100 Å². The number of anilines is 2. The number of urea groups is 1. The van der Waals surface area contributed by atoms with Crippen LogP contribution in [0.3, 0.4) is 0 Å². The maximum absolute atomic E-state index is 14.3. The van der Waals surface area contributed by atoms with Gasteiger partial charge < -0.3 is 30.1 Å². The van der Waals surface area contributed by atoms with E-state index >= 15 is 0 Å². The zero-order chi connectivity index (χ0) is 33.1. The van der Waals surface area contributed by atoms with Gasteiger partial charge in [0, 0.05) is 55.9 Å². The number of aromatic nitrogens is 1. The number of benzene rings is 2. The summed E-state index contributed by atoms with van der Waals surface area (Å²) in [5, 5.41) is 15.6. The van der Waals surface area contributed by atoms with Gasteiger partial charge in [0.15, 0.2) is 0 Å². The van der Waals surface area contributed by atoms with E-state index in [0.717, 1.165) is 31.4 Å². The van der Waals surface area contributed by atoms with Crippen molar-refractivity contribution in [2.24, 2.45) is 5.92 Å². The van der Waals surface area contributed by atoms with E-state index in [0.29, 0.717) is 36.8 Å². The fourth-order valence-electron chi connectivity index (χ4n) is 5.46. The molecular weight excluding hydrogens is 589 g/mol. The van der Waals surface area contributed by atoms with Gasteiger partial charge in [-0.1, -0.05) is 6.92 Å². The van der Waals surface area contributed by atoms with Crippen molar-refractivity contribution in [1.29, 1.82) is 0 Å². The molecule has 248 valence electrons. The molecule has 10 nitrogen and oxygen atoms in total. The molecule has 0 radical (unpaired) electrons. The summed E-state index contributed by atoms with van der Waals surface area (Å²) < 4.78 is 26.0. The lowest BCUT2D eigenvalue weighted by Gasteiger charge is -2.36. The van der Waals surface area contributed by atoms with Crippen LogP contribution in [-0.4, -0.2) is 83.4 Å². The van der Waals surface area contributed by atoms with Crippen LogP contribution < -0.4 is 15.4 Å². The fraction of sp³-hybridized carbons (Fsp3) is 0.457. The van der Waals surface area contributed by atoms with Gasteiger partial charge in [0.25, 0.3) is 5.91 Å². The molecule has 3 N–H and O–H groups in total. The summed E-state index contributed by atoms with van der Waals surface area (Å²) in [5.41, 5.74) is 2.24. The van der Waals surface area contributed by atoms with Crippen LogP contribution in [0.15, 0.2) is 67.0 Å². The monoisotopic (exact) mass is 635 g/mol. The van der Waals surface area contributed by atoms with E-state index in [1.165, 1.54) is 24.3 Å². The number of ether oxygens (including phenoxy) is 2. The number of nitrogens with one attached hydrogen (secondary N) is 2. The summed E-state index contributed by atoms with van der Waals surface area (Å²) in [6, 6.07) is 13.4. The van der Waals surface area contributed by atoms with Crippen molar-refractivity contribution >= 4 is 23.3 Å². The first-order valence-corrected chi connectivity index (χ1v) is 15.9. The summed E-state index contributed by atoms with van der Waals surface area (Å²) in [4.78, 5) is 35.0. The topological polar surface area (TPSA) is 116 Å². The molecule has 4 rings (SSSR count). The standard InChI is InChI=1S/C35H46FN5O5/c1-24-20-41(25(2)23-42)34(43)31-19-30(39-35(44)38-29-10-8-28(36)9-11-29)12-13-32(31)46-26(3)7-5-6-18-45-33(24)22-40(4)21-27-14-16-37-17-15-27/h8-17,19,24-26,33,42H,5-7,18,20-23H2,1-4H3,(H2,38,39,44)/t24-,25-,26-,33+/m1/s1. The van der Waals surface area contributed by atoms with Crippen LogP contribution in [-0.2, 0) is 11.3 Å². The number of likely N-dealkylation sites (N-methyl/N-ethyl adjacent to an activating group) is 1. The lowest BCUT2D eigenvalue weighted by atomic mass is 10.0. The first-order valence-electron chi connectivity index (χ1n) is 15.9. The maximum Gasteiger partial charge on any atom is 0.323 e. The molecule has 1 aliphatic rings. The molecule has 0 bridgehead atoms. The highest BCUT2D eigenvalue weighted by molar-refractivity contribution is 6.02. The molecule has 0 spiro atoms. The molecule has 2 aromatic carbocycles. The number of hydrogen-bond acceptors (Lipinski definition) is 7. The van der Waals surface area contributed by atoms with Crippen LogP contribution in [0, 0.1) is 11.7 Å². The Morgan fingerprint density at radius 1 is 1.09 bits per heavy atom. The zero-order valence-electron chi connectivity index (χ0n) is 27.1. The zero-order valence-corrected chi connectivity index (χ0v) is 27.1. The Balaban J connectivity index is 1.58. The van der Waals surface area contributed by atoms with Gasteiger partial charge in [-0.15, -0.1) is 0 Å². The second kappa shape index (κ2) is 17.0. The highest BCUT2D eigenvalue weighted by Gasteiger charge is 2.30. The molecule has 0 fully saturated rings. The number of fused-ring (bicyclic) bond motifs is 1. The van der Waals surface area contributed by atoms with E-state index in [4.69, 9.17) is 9.47 Å². The summed E-state index contributed by atoms with van der Waals surface area (Å²) in [6.45, 7) is 7.95. The summed E-state index contributed by atoms with van der Waals surface area (Å²) >= 11 is 0. The molecule has 11 heteroatoms. The van der Waals surface area contributed by atoms with E-state index in [1.807, 2.05) is 19.1 Å². The van der Waals surface area contributed by atoms with Gasteiger partial charge in [0.05, 0.1) is 30.4 Å². The number of hydrogen-bond donors (Lipinski definition) is 3. The quantitative estimate of drug-likeness (QED) is 0.287. The molecule has 1 aliphatic heterocycles. The molecule has 0 saturated carbocycles. The Hall–Kier alpha value is -4.06. The number of rotatable bonds is 8. The second-order valence-corrected chi connectivity index (χ2v) is 12.1. The molecule has 0 saturated heterocycles. The molecule has 3 aromatic rings. The first-order chi connectivity index (χ1) is 22.1. The van der Waals surface area contributed by atoms with Gasteiger partial charge in [-0.2, -0.15) is 0 Å². The average Bonchev–Trinajstić information content (AvgIpc) is 3.04. The van der Waals surface area contributed by atoms with Crippen LogP contribution >= 0.6 is 0 Å². The van der Waals surface area contributed by atoms with E-state index in [-0.39, 0.29) is 36.2 Å². The van der Waals surface area contributed by atoms with Crippen LogP contribution in [0.5, 0.6) is 5.75 Å². The number of aliphatic hydroxyl groups excluding tert-OH is 1. The summed E-state index contributed by atoms with van der Waals surface area (Å²) in [7, 11) is 2.05. The molecular formula is C35H46FN5O5. The molecule has 0 unspecified atom stereocenters. The number of nitrogens with zero attached hydrogens (tertiary/aromatic N) is 3. The summed E-state index contributed by atoms with van der Waals surface area (Å²) in [6.07, 6.45) is 5.79. The van der Waals surface area contributed by atoms with Crippen molar-refractivity contribution in [3.63, 3.8) is 0 Å². The smallest absolute Gasteiger partial charge is 0.323 e. The number of aliphatic hydroxyl groups is 1. The fourth-order valence-corrected chi connectivity index (χ4v) is 5.46. The minimum absolute atomic E-state index is 0.0631. The van der Waals surface area contributed by atoms with E-state index < -0.39 is 17.9 Å². The minimum Gasteiger partial charge on any atom is -0.490 e. The van der Waals surface area contributed by atoms with Crippen LogP contribution in [0.2, 0.25) is 0 Å². The normalized spacial score (nSPS) is 20.3. The Morgan fingerprint density at radius 2 is 1.78 bits per heavy atom. The van der Waals surface area contributed by atoms with Gasteiger partial charge in [-0.3, -0.25) is 14.7 Å². The first kappa shape index (κ1) is 34.8. The number of carbonyl (C=O) groups is 2. The van der Waals surface area contributed by atoms with E-state index in [9.17, 15) is 19.1 Å². The number of amides is 3. The SMILES string of the molecule is C[C@@H]1CCCCO[C@@H](CN(C)Cc2ccncc2)[C@H](C)CN([C@H](C)CO)C(=O)c2cc(NC(=O)Nc3ccc(F)cc3)ccc2O1. The Morgan fingerprint density at radius 3 is 2.50 bits per heavy atom. The third-order valence-corrected chi connectivity index (χ3v) is 8.10. The predicted molar refractivity (Wildman–Crippen MR) is 176 cm³/mol. The van der Waals surface area contributed by atoms with Gasteiger partial charge in [0.1, 0.15) is 11.6 Å². The van der Waals surface area contributed by atoms with Crippen molar-refractivity contribution in [3.05, 3.63) is 83.9 Å². The lowest BCUT2D eigenvalue weighted by molar-refractivity contribution is -0.0177. The third-order valence-electron chi connectivity index (χ3n) is 8.10. The lowest BCUT2D eigenvalue weighted by Crippen LogP contribution is -2.47. The molecule has 4 atom stereocenters. The highest BCUT2D eigenvalue weighted by Crippen LogP contribution is 2.29. The van der Waals surface area contributed by atoms with Crippen LogP contribution in [0.1, 0.15) is 56.0 Å². The van der Waals surface area contributed by atoms with Gasteiger partial charge in [0.2, 0.25) is 0 Å². The van der Waals surface area contributed by atoms with E-state index in [2.05, 4.69) is 34.5 Å². The predicted octanol–water partition coefficient (Wildman–Crippen LogP) is 5.79. The van der Waals surface area contributed by atoms with Crippen molar-refractivity contribution in [2.75, 3.05) is 44.0 Å². The number of carbonyl (C=O) groups excluding carboxylic acids is 2. The van der Waals surface area contributed by atoms with Crippen LogP contribution in [0.4, 0.5) is 20.6 Å². The molecule has 0 aliphatic carbocycles. The van der Waals surface area contributed by atoms with E-state index in [1.54, 1.807) is 42.4 Å². The Labute approximate surface area is 270 Å². The maximum atomic E-state index is 14.3. The Kier molecular flexibility index (Phi) is 12.9. The average molecular weight is 636 g/mol. The van der Waals surface area contributed by atoms with Crippen LogP contribution in [0.25, 0.3) is 0 Å². The van der Waals surface area contributed by atoms with Gasteiger partial charge >= 0.3 is 6.03 Å². The third kappa shape index (κ3) is 10.2. The number of halogens is 1. The largest absolute Gasteiger partial charge is 0.490 e. The van der Waals surface area contributed by atoms with Crippen molar-refractivity contribution < 1.29 is 28.6 Å².